The molecule has 138 valence electrons. The summed E-state index contributed by atoms with van der Waals surface area (Å²) in [7, 11) is 3.72. The van der Waals surface area contributed by atoms with Gasteiger partial charge >= 0.3 is 0 Å². The lowest BCUT2D eigenvalue weighted by atomic mass is 9.96. The number of carbonyl (C=O) groups is 1. The first-order valence-electron chi connectivity index (χ1n) is 8.72. The second-order valence-electron chi connectivity index (χ2n) is 6.66. The molecule has 2 aromatic rings. The number of nitrogens with zero attached hydrogens (tertiary/aromatic N) is 4. The van der Waals surface area contributed by atoms with Gasteiger partial charge in [-0.05, 0) is 44.5 Å². The quantitative estimate of drug-likeness (QED) is 0.653. The number of aryl methyl sites for hydroxylation is 1. The van der Waals surface area contributed by atoms with Crippen LogP contribution in [0.4, 0.5) is 5.69 Å². The summed E-state index contributed by atoms with van der Waals surface area (Å²) < 4.78 is 1.61. The van der Waals surface area contributed by atoms with Crippen molar-refractivity contribution in [3.05, 3.63) is 46.1 Å². The van der Waals surface area contributed by atoms with E-state index in [4.69, 9.17) is 0 Å². The first-order chi connectivity index (χ1) is 12.5. The van der Waals surface area contributed by atoms with E-state index >= 15 is 0 Å². The minimum Gasteiger partial charge on any atom is -0.339 e. The molecule has 0 saturated carbocycles. The summed E-state index contributed by atoms with van der Waals surface area (Å²) in [5, 5.41) is 18.4. The van der Waals surface area contributed by atoms with Crippen LogP contribution in [0.5, 0.6) is 0 Å². The third-order valence-electron chi connectivity index (χ3n) is 4.81. The number of nitro benzene ring substituents is 1. The second-order valence-corrected chi connectivity index (χ2v) is 6.66. The number of hydrogen-bond acceptors (Lipinski definition) is 5. The maximum Gasteiger partial charge on any atom is 0.269 e. The van der Waals surface area contributed by atoms with Gasteiger partial charge in [0, 0.05) is 44.0 Å². The molecule has 0 spiro atoms. The Bertz CT molecular complexity index is 792. The fraction of sp³-hybridized carbons (Fsp3) is 0.444. The van der Waals surface area contributed by atoms with Gasteiger partial charge in [-0.2, -0.15) is 5.10 Å². The third-order valence-corrected chi connectivity index (χ3v) is 4.81. The van der Waals surface area contributed by atoms with E-state index in [2.05, 4.69) is 10.4 Å². The van der Waals surface area contributed by atoms with Gasteiger partial charge in [-0.25, -0.2) is 0 Å². The molecule has 0 unspecified atom stereocenters. The normalized spacial score (nSPS) is 15.2. The smallest absolute Gasteiger partial charge is 0.269 e. The van der Waals surface area contributed by atoms with Gasteiger partial charge in [-0.15, -0.1) is 0 Å². The number of hydrogen-bond donors (Lipinski definition) is 1. The lowest BCUT2D eigenvalue weighted by Crippen LogP contribution is -2.40. The number of rotatable bonds is 5. The monoisotopic (exact) mass is 357 g/mol. The zero-order valence-corrected chi connectivity index (χ0v) is 15.0. The molecule has 0 radical (unpaired) electrons. The van der Waals surface area contributed by atoms with Crippen LogP contribution < -0.4 is 5.32 Å². The van der Waals surface area contributed by atoms with Crippen LogP contribution in [0.1, 0.15) is 23.2 Å². The zero-order valence-electron chi connectivity index (χ0n) is 15.0. The van der Waals surface area contributed by atoms with E-state index in [1.165, 1.54) is 12.1 Å². The van der Waals surface area contributed by atoms with Gasteiger partial charge in [0.15, 0.2) is 0 Å². The van der Waals surface area contributed by atoms with Crippen molar-refractivity contribution < 1.29 is 9.72 Å². The molecule has 0 atom stereocenters. The topological polar surface area (TPSA) is 93.3 Å². The van der Waals surface area contributed by atoms with Crippen LogP contribution >= 0.6 is 0 Å². The predicted molar refractivity (Wildman–Crippen MR) is 97.9 cm³/mol. The Morgan fingerprint density at radius 3 is 2.54 bits per heavy atom. The molecular weight excluding hydrogens is 334 g/mol. The Hall–Kier alpha value is -2.74. The molecule has 2 heterocycles. The first kappa shape index (κ1) is 18.1. The minimum absolute atomic E-state index is 0.0177. The van der Waals surface area contributed by atoms with Crippen LogP contribution in [0.3, 0.4) is 0 Å². The predicted octanol–water partition coefficient (Wildman–Crippen LogP) is 2.07. The first-order valence-corrected chi connectivity index (χ1v) is 8.72. The molecule has 1 aliphatic rings. The summed E-state index contributed by atoms with van der Waals surface area (Å²) in [4.78, 5) is 25.3. The van der Waals surface area contributed by atoms with E-state index in [1.54, 1.807) is 30.1 Å². The van der Waals surface area contributed by atoms with Gasteiger partial charge in [0.2, 0.25) is 0 Å². The summed E-state index contributed by atoms with van der Waals surface area (Å²) in [6.45, 7) is 2.45. The van der Waals surface area contributed by atoms with E-state index in [0.717, 1.165) is 32.5 Å². The largest absolute Gasteiger partial charge is 0.339 e. The van der Waals surface area contributed by atoms with Crippen molar-refractivity contribution in [2.24, 2.45) is 13.0 Å². The molecule has 3 rings (SSSR count). The fourth-order valence-electron chi connectivity index (χ4n) is 3.40. The highest BCUT2D eigenvalue weighted by molar-refractivity contribution is 5.99. The van der Waals surface area contributed by atoms with Gasteiger partial charge in [-0.1, -0.05) is 0 Å². The molecule has 1 aliphatic heterocycles. The standard InChI is InChI=1S/C18H23N5O3/c1-19-11-13-7-9-22(10-8-13)18(24)16-12-21(2)20-17(16)14-3-5-15(6-4-14)23(25)26/h3-6,12-13,19H,7-11H2,1-2H3. The second kappa shape index (κ2) is 7.65. The Morgan fingerprint density at radius 2 is 1.96 bits per heavy atom. The maximum absolute atomic E-state index is 13.0. The number of amides is 1. The summed E-state index contributed by atoms with van der Waals surface area (Å²) in [5.41, 5.74) is 1.81. The third kappa shape index (κ3) is 3.75. The molecule has 1 saturated heterocycles. The van der Waals surface area contributed by atoms with E-state index in [1.807, 2.05) is 11.9 Å². The van der Waals surface area contributed by atoms with E-state index < -0.39 is 4.92 Å². The molecule has 1 fully saturated rings. The molecule has 0 aliphatic carbocycles. The average Bonchev–Trinajstić information content (AvgIpc) is 3.04. The van der Waals surface area contributed by atoms with Crippen molar-refractivity contribution in [2.45, 2.75) is 12.8 Å². The molecule has 1 aromatic heterocycles. The van der Waals surface area contributed by atoms with Crippen LogP contribution in [-0.2, 0) is 7.05 Å². The highest BCUT2D eigenvalue weighted by Crippen LogP contribution is 2.27. The maximum atomic E-state index is 13.0. The fourth-order valence-corrected chi connectivity index (χ4v) is 3.40. The molecule has 1 N–H and O–H groups in total. The van der Waals surface area contributed by atoms with E-state index in [9.17, 15) is 14.9 Å². The molecule has 1 amide bonds. The highest BCUT2D eigenvalue weighted by atomic mass is 16.6. The van der Waals surface area contributed by atoms with Crippen LogP contribution in [0, 0.1) is 16.0 Å². The molecular formula is C18H23N5O3. The number of nitrogens with one attached hydrogen (secondary N) is 1. The van der Waals surface area contributed by atoms with Crippen LogP contribution in [0.15, 0.2) is 30.5 Å². The molecule has 26 heavy (non-hydrogen) atoms. The lowest BCUT2D eigenvalue weighted by molar-refractivity contribution is -0.384. The van der Waals surface area contributed by atoms with Crippen molar-refractivity contribution in [2.75, 3.05) is 26.7 Å². The van der Waals surface area contributed by atoms with E-state index in [-0.39, 0.29) is 11.6 Å². The number of nitro groups is 1. The lowest BCUT2D eigenvalue weighted by Gasteiger charge is -2.31. The number of benzene rings is 1. The summed E-state index contributed by atoms with van der Waals surface area (Å²) in [5.74, 6) is 0.571. The van der Waals surface area contributed by atoms with Crippen molar-refractivity contribution in [1.82, 2.24) is 20.0 Å². The van der Waals surface area contributed by atoms with Crippen molar-refractivity contribution in [3.63, 3.8) is 0 Å². The molecule has 8 nitrogen and oxygen atoms in total. The van der Waals surface area contributed by atoms with Crippen molar-refractivity contribution in [3.8, 4) is 11.3 Å². The van der Waals surface area contributed by atoms with Gasteiger partial charge in [0.25, 0.3) is 11.6 Å². The average molecular weight is 357 g/mol. The summed E-state index contributed by atoms with van der Waals surface area (Å²) in [6.07, 6.45) is 3.69. The Labute approximate surface area is 151 Å². The number of piperidine rings is 1. The van der Waals surface area contributed by atoms with Crippen LogP contribution in [0.25, 0.3) is 11.3 Å². The molecule has 1 aromatic carbocycles. The van der Waals surface area contributed by atoms with Gasteiger partial charge in [-0.3, -0.25) is 19.6 Å². The Kier molecular flexibility index (Phi) is 5.32. The van der Waals surface area contributed by atoms with Gasteiger partial charge in [0.1, 0.15) is 5.69 Å². The SMILES string of the molecule is CNCC1CCN(C(=O)c2cn(C)nc2-c2ccc([N+](=O)[O-])cc2)CC1. The number of non-ortho nitro benzene ring substituents is 1. The summed E-state index contributed by atoms with van der Waals surface area (Å²) in [6, 6.07) is 6.13. The Morgan fingerprint density at radius 1 is 1.31 bits per heavy atom. The summed E-state index contributed by atoms with van der Waals surface area (Å²) >= 11 is 0. The van der Waals surface area contributed by atoms with Gasteiger partial charge < -0.3 is 10.2 Å². The van der Waals surface area contributed by atoms with E-state index in [0.29, 0.717) is 22.7 Å². The number of carbonyl (C=O) groups excluding carboxylic acids is 1. The zero-order chi connectivity index (χ0) is 18.7. The molecule has 8 heteroatoms. The molecule has 0 bridgehead atoms. The highest BCUT2D eigenvalue weighted by Gasteiger charge is 2.26. The Balaban J connectivity index is 1.81. The van der Waals surface area contributed by atoms with Crippen molar-refractivity contribution in [1.29, 1.82) is 0 Å². The van der Waals surface area contributed by atoms with Crippen molar-refractivity contribution >= 4 is 11.6 Å². The number of aromatic nitrogens is 2. The minimum atomic E-state index is -0.441. The van der Waals surface area contributed by atoms with Crippen LogP contribution in [-0.4, -0.2) is 52.2 Å². The number of likely N-dealkylation sites (tertiary alicyclic amines) is 1. The van der Waals surface area contributed by atoms with Crippen LogP contribution in [0.2, 0.25) is 0 Å². The van der Waals surface area contributed by atoms with Gasteiger partial charge in [0.05, 0.1) is 10.5 Å².